The molecule has 0 saturated heterocycles. The van der Waals surface area contributed by atoms with Gasteiger partial charge < -0.3 is 5.32 Å². The number of rotatable bonds is 6. The van der Waals surface area contributed by atoms with Gasteiger partial charge in [-0.05, 0) is 23.3 Å². The predicted octanol–water partition coefficient (Wildman–Crippen LogP) is 3.87. The maximum Gasteiger partial charge on any atom is 0.416 e. The topological polar surface area (TPSA) is 85.9 Å². The van der Waals surface area contributed by atoms with Crippen LogP contribution in [0, 0.1) is 10.1 Å². The van der Waals surface area contributed by atoms with E-state index >= 15 is 0 Å². The molecule has 1 N–H and O–H groups in total. The minimum Gasteiger partial charge on any atom is -0.375 e. The van der Waals surface area contributed by atoms with E-state index in [1.807, 2.05) is 24.3 Å². The number of nitrogens with zero attached hydrogens (tertiary/aromatic N) is 4. The van der Waals surface area contributed by atoms with Crippen LogP contribution in [-0.4, -0.2) is 19.7 Å². The van der Waals surface area contributed by atoms with E-state index in [4.69, 9.17) is 0 Å². The van der Waals surface area contributed by atoms with Gasteiger partial charge in [0, 0.05) is 12.6 Å². The maximum absolute atomic E-state index is 12.7. The lowest BCUT2D eigenvalue weighted by Gasteiger charge is -2.11. The van der Waals surface area contributed by atoms with E-state index in [0.29, 0.717) is 12.6 Å². The molecule has 0 spiro atoms. The molecule has 27 heavy (non-hydrogen) atoms. The Balaban J connectivity index is 1.70. The number of nitro groups is 1. The minimum absolute atomic E-state index is 0.0275. The molecule has 0 radical (unpaired) electrons. The first-order valence-corrected chi connectivity index (χ1v) is 7.82. The summed E-state index contributed by atoms with van der Waals surface area (Å²) in [6.07, 6.45) is -1.60. The van der Waals surface area contributed by atoms with Crippen LogP contribution in [0.15, 0.2) is 55.1 Å². The summed E-state index contributed by atoms with van der Waals surface area (Å²) in [5, 5.41) is 17.9. The highest BCUT2D eigenvalue weighted by atomic mass is 19.4. The van der Waals surface area contributed by atoms with Gasteiger partial charge in [0.25, 0.3) is 5.69 Å². The summed E-state index contributed by atoms with van der Waals surface area (Å²) < 4.78 is 39.9. The average Bonchev–Trinajstić information content (AvgIpc) is 3.13. The molecule has 2 aromatic carbocycles. The van der Waals surface area contributed by atoms with E-state index in [2.05, 4.69) is 15.4 Å². The molecule has 0 saturated carbocycles. The zero-order valence-corrected chi connectivity index (χ0v) is 13.8. The van der Waals surface area contributed by atoms with Crippen molar-refractivity contribution in [3.05, 3.63) is 81.9 Å². The molecule has 7 nitrogen and oxygen atoms in total. The molecule has 3 aromatic rings. The average molecular weight is 377 g/mol. The van der Waals surface area contributed by atoms with Gasteiger partial charge in [0.05, 0.1) is 17.0 Å². The molecular formula is C17H14F3N5O2. The van der Waals surface area contributed by atoms with Crippen LogP contribution in [0.4, 0.5) is 24.5 Å². The Bertz CT molecular complexity index is 925. The molecule has 0 aliphatic rings. The van der Waals surface area contributed by atoms with Gasteiger partial charge in [-0.1, -0.05) is 24.3 Å². The van der Waals surface area contributed by atoms with Crippen LogP contribution < -0.4 is 5.32 Å². The van der Waals surface area contributed by atoms with Crippen molar-refractivity contribution in [1.82, 2.24) is 14.8 Å². The Morgan fingerprint density at radius 1 is 1.11 bits per heavy atom. The Hall–Kier alpha value is -3.43. The van der Waals surface area contributed by atoms with Gasteiger partial charge in [-0.2, -0.15) is 18.3 Å². The highest BCUT2D eigenvalue weighted by Gasteiger charge is 2.33. The van der Waals surface area contributed by atoms with Gasteiger partial charge in [-0.3, -0.25) is 10.1 Å². The quantitative estimate of drug-likeness (QED) is 0.521. The summed E-state index contributed by atoms with van der Waals surface area (Å²) in [6, 6.07) is 9.82. The largest absolute Gasteiger partial charge is 0.416 e. The lowest BCUT2D eigenvalue weighted by atomic mass is 10.1. The van der Waals surface area contributed by atoms with Crippen molar-refractivity contribution in [2.75, 3.05) is 5.32 Å². The van der Waals surface area contributed by atoms with Crippen molar-refractivity contribution in [1.29, 1.82) is 0 Å². The monoisotopic (exact) mass is 377 g/mol. The third-order valence-electron chi connectivity index (χ3n) is 3.84. The van der Waals surface area contributed by atoms with Crippen molar-refractivity contribution in [2.24, 2.45) is 0 Å². The van der Waals surface area contributed by atoms with Crippen molar-refractivity contribution >= 4 is 11.4 Å². The Morgan fingerprint density at radius 3 is 2.41 bits per heavy atom. The van der Waals surface area contributed by atoms with Crippen LogP contribution in [-0.2, 0) is 19.3 Å². The van der Waals surface area contributed by atoms with Gasteiger partial charge in [0.1, 0.15) is 18.3 Å². The second kappa shape index (κ2) is 7.44. The number of aromatic nitrogens is 3. The second-order valence-electron chi connectivity index (χ2n) is 5.75. The molecule has 0 aliphatic carbocycles. The molecule has 0 amide bonds. The summed E-state index contributed by atoms with van der Waals surface area (Å²) in [4.78, 5) is 14.1. The maximum atomic E-state index is 12.7. The smallest absolute Gasteiger partial charge is 0.375 e. The fourth-order valence-corrected chi connectivity index (χ4v) is 2.47. The number of benzene rings is 2. The number of anilines is 1. The van der Waals surface area contributed by atoms with E-state index < -0.39 is 22.4 Å². The van der Waals surface area contributed by atoms with Crippen molar-refractivity contribution in [2.45, 2.75) is 19.3 Å². The molecule has 0 atom stereocenters. The molecule has 10 heteroatoms. The third-order valence-corrected chi connectivity index (χ3v) is 3.84. The molecule has 0 unspecified atom stereocenters. The standard InChI is InChI=1S/C17H14F3N5O2/c18-17(19,20)14-5-6-15(16(7-14)25(26)27)22-8-12-1-3-13(4-2-12)9-24-11-21-10-23-24/h1-7,10-11,22H,8-9H2. The van der Waals surface area contributed by atoms with E-state index in [1.165, 1.54) is 6.33 Å². The van der Waals surface area contributed by atoms with Crippen LogP contribution in [0.25, 0.3) is 0 Å². The summed E-state index contributed by atoms with van der Waals surface area (Å²) in [5.41, 5.74) is 0.167. The Morgan fingerprint density at radius 2 is 1.81 bits per heavy atom. The number of hydrogen-bond acceptors (Lipinski definition) is 5. The number of halogens is 3. The zero-order valence-electron chi connectivity index (χ0n) is 13.8. The van der Waals surface area contributed by atoms with Crippen LogP contribution in [0.5, 0.6) is 0 Å². The Labute approximate surface area is 151 Å². The lowest BCUT2D eigenvalue weighted by molar-refractivity contribution is -0.384. The van der Waals surface area contributed by atoms with E-state index in [9.17, 15) is 23.3 Å². The first-order chi connectivity index (χ1) is 12.8. The third kappa shape index (κ3) is 4.60. The van der Waals surface area contributed by atoms with E-state index in [0.717, 1.165) is 23.3 Å². The van der Waals surface area contributed by atoms with Gasteiger partial charge in [-0.25, -0.2) is 9.67 Å². The molecule has 1 heterocycles. The normalized spacial score (nSPS) is 11.4. The Kier molecular flexibility index (Phi) is 5.06. The summed E-state index contributed by atoms with van der Waals surface area (Å²) >= 11 is 0. The summed E-state index contributed by atoms with van der Waals surface area (Å²) in [6.45, 7) is 0.786. The van der Waals surface area contributed by atoms with Crippen LogP contribution in [0.3, 0.4) is 0 Å². The number of alkyl halides is 3. The number of hydrogen-bond donors (Lipinski definition) is 1. The second-order valence-corrected chi connectivity index (χ2v) is 5.75. The van der Waals surface area contributed by atoms with Crippen LogP contribution in [0.2, 0.25) is 0 Å². The molecule has 140 valence electrons. The SMILES string of the molecule is O=[N+]([O-])c1cc(C(F)(F)F)ccc1NCc1ccc(Cn2cncn2)cc1. The fourth-order valence-electron chi connectivity index (χ4n) is 2.47. The molecule has 0 bridgehead atoms. The van der Waals surface area contributed by atoms with Crippen molar-refractivity contribution in [3.8, 4) is 0 Å². The molecule has 3 rings (SSSR count). The minimum atomic E-state index is -4.64. The highest BCUT2D eigenvalue weighted by Crippen LogP contribution is 2.35. The van der Waals surface area contributed by atoms with E-state index in [1.54, 1.807) is 11.0 Å². The first-order valence-electron chi connectivity index (χ1n) is 7.82. The van der Waals surface area contributed by atoms with E-state index in [-0.39, 0.29) is 12.2 Å². The van der Waals surface area contributed by atoms with Crippen LogP contribution in [0.1, 0.15) is 16.7 Å². The van der Waals surface area contributed by atoms with Gasteiger partial charge in [-0.15, -0.1) is 0 Å². The van der Waals surface area contributed by atoms with Crippen molar-refractivity contribution in [3.63, 3.8) is 0 Å². The lowest BCUT2D eigenvalue weighted by Crippen LogP contribution is -2.08. The van der Waals surface area contributed by atoms with Gasteiger partial charge in [0.15, 0.2) is 0 Å². The fraction of sp³-hybridized carbons (Fsp3) is 0.176. The highest BCUT2D eigenvalue weighted by molar-refractivity contribution is 5.63. The molecular weight excluding hydrogens is 363 g/mol. The number of nitro benzene ring substituents is 1. The first kappa shape index (κ1) is 18.4. The molecule has 1 aromatic heterocycles. The van der Waals surface area contributed by atoms with Gasteiger partial charge >= 0.3 is 6.18 Å². The molecule has 0 aliphatic heterocycles. The van der Waals surface area contributed by atoms with Crippen LogP contribution >= 0.6 is 0 Å². The van der Waals surface area contributed by atoms with Crippen molar-refractivity contribution < 1.29 is 18.1 Å². The summed E-state index contributed by atoms with van der Waals surface area (Å²) in [5.74, 6) is 0. The molecule has 0 fully saturated rings. The zero-order chi connectivity index (χ0) is 19.4. The summed E-state index contributed by atoms with van der Waals surface area (Å²) in [7, 11) is 0. The van der Waals surface area contributed by atoms with Gasteiger partial charge in [0.2, 0.25) is 0 Å². The predicted molar refractivity (Wildman–Crippen MR) is 91.0 cm³/mol. The number of nitrogens with one attached hydrogen (secondary N) is 1.